The number of nitrogens with zero attached hydrogens (tertiary/aromatic N) is 3. The number of hydrogen-bond acceptors (Lipinski definition) is 7. The minimum atomic E-state index is -0.238. The Morgan fingerprint density at radius 1 is 1.33 bits per heavy atom. The van der Waals surface area contributed by atoms with E-state index in [0.717, 1.165) is 35.8 Å². The first-order chi connectivity index (χ1) is 11.7. The van der Waals surface area contributed by atoms with Crippen LogP contribution in [0.3, 0.4) is 0 Å². The van der Waals surface area contributed by atoms with Crippen LogP contribution in [0.25, 0.3) is 5.57 Å². The molecule has 1 aromatic heterocycles. The van der Waals surface area contributed by atoms with Crippen LogP contribution in [0.15, 0.2) is 41.4 Å². The highest BCUT2D eigenvalue weighted by Crippen LogP contribution is 2.28. The molecule has 0 spiro atoms. The average Bonchev–Trinajstić information content (AvgIpc) is 3.08. The van der Waals surface area contributed by atoms with Gasteiger partial charge in [-0.15, -0.1) is 0 Å². The average molecular weight is 361 g/mol. The summed E-state index contributed by atoms with van der Waals surface area (Å²) >= 11 is 2.59. The fourth-order valence-electron chi connectivity index (χ4n) is 2.44. The van der Waals surface area contributed by atoms with Crippen molar-refractivity contribution < 1.29 is 9.53 Å². The van der Waals surface area contributed by atoms with Crippen molar-refractivity contribution in [3.05, 3.63) is 47.7 Å². The smallest absolute Gasteiger partial charge is 0.316 e. The number of carbonyl (C=O) groups excluding carboxylic acids is 1. The molecule has 126 valence electrons. The zero-order valence-corrected chi connectivity index (χ0v) is 15.1. The van der Waals surface area contributed by atoms with E-state index >= 15 is 0 Å². The maximum absolute atomic E-state index is 11.9. The standard InChI is InChI=1S/C17H19N3O2S2/c1-20-9-5-8-14(10-20)16-17(19-24-18-16)23-12-15(21)22-11-13-6-3-2-4-7-13/h2-4,6-8H,5,9-12H2,1H3. The number of thioether (sulfide) groups is 1. The SMILES string of the molecule is CN1CCC=C(c2nsnc2SCC(=O)OCc2ccccc2)C1. The molecule has 0 N–H and O–H groups in total. The van der Waals surface area contributed by atoms with Crippen molar-refractivity contribution in [2.24, 2.45) is 0 Å². The van der Waals surface area contributed by atoms with Crippen molar-refractivity contribution in [1.29, 1.82) is 0 Å². The zero-order chi connectivity index (χ0) is 16.8. The van der Waals surface area contributed by atoms with Crippen molar-refractivity contribution in [3.63, 3.8) is 0 Å². The lowest BCUT2D eigenvalue weighted by molar-refractivity contribution is -0.141. The van der Waals surface area contributed by atoms with E-state index in [4.69, 9.17) is 4.74 Å². The van der Waals surface area contributed by atoms with E-state index in [1.54, 1.807) is 0 Å². The van der Waals surface area contributed by atoms with Crippen molar-refractivity contribution in [2.45, 2.75) is 18.1 Å². The van der Waals surface area contributed by atoms with Crippen molar-refractivity contribution >= 4 is 35.0 Å². The van der Waals surface area contributed by atoms with Crippen LogP contribution in [-0.2, 0) is 16.1 Å². The summed E-state index contributed by atoms with van der Waals surface area (Å²) in [5.41, 5.74) is 3.09. The molecule has 1 aliphatic heterocycles. The summed E-state index contributed by atoms with van der Waals surface area (Å²) in [5, 5.41) is 0.818. The number of likely N-dealkylation sites (N-methyl/N-ethyl adjacent to an activating group) is 1. The molecule has 1 aliphatic rings. The molecule has 0 saturated carbocycles. The van der Waals surface area contributed by atoms with Crippen molar-refractivity contribution in [3.8, 4) is 0 Å². The Morgan fingerprint density at radius 3 is 2.96 bits per heavy atom. The molecule has 1 aromatic carbocycles. The van der Waals surface area contributed by atoms with Crippen LogP contribution in [0.2, 0.25) is 0 Å². The van der Waals surface area contributed by atoms with E-state index in [2.05, 4.69) is 26.8 Å². The Morgan fingerprint density at radius 2 is 2.17 bits per heavy atom. The maximum Gasteiger partial charge on any atom is 0.316 e. The van der Waals surface area contributed by atoms with E-state index in [-0.39, 0.29) is 11.7 Å². The Balaban J connectivity index is 1.53. The molecule has 0 bridgehead atoms. The van der Waals surface area contributed by atoms with Gasteiger partial charge in [0.15, 0.2) is 0 Å². The monoisotopic (exact) mass is 361 g/mol. The molecule has 0 atom stereocenters. The van der Waals surface area contributed by atoms with E-state index in [0.29, 0.717) is 6.61 Å². The van der Waals surface area contributed by atoms with Gasteiger partial charge in [0.05, 0.1) is 17.5 Å². The zero-order valence-electron chi connectivity index (χ0n) is 13.5. The van der Waals surface area contributed by atoms with Crippen molar-refractivity contribution in [2.75, 3.05) is 25.9 Å². The molecule has 5 nitrogen and oxygen atoms in total. The predicted octanol–water partition coefficient (Wildman–Crippen LogP) is 3.09. The fraction of sp³-hybridized carbons (Fsp3) is 0.353. The first-order valence-electron chi connectivity index (χ1n) is 7.75. The van der Waals surface area contributed by atoms with Crippen LogP contribution in [0.5, 0.6) is 0 Å². The van der Waals surface area contributed by atoms with Gasteiger partial charge in [-0.2, -0.15) is 8.75 Å². The van der Waals surface area contributed by atoms with E-state index < -0.39 is 0 Å². The second-order valence-electron chi connectivity index (χ2n) is 5.61. The van der Waals surface area contributed by atoms with Gasteiger partial charge in [0.1, 0.15) is 17.3 Å². The molecule has 0 unspecified atom stereocenters. The third kappa shape index (κ3) is 4.66. The summed E-state index contributed by atoms with van der Waals surface area (Å²) in [6.45, 7) is 2.24. The third-order valence-electron chi connectivity index (χ3n) is 3.67. The minimum Gasteiger partial charge on any atom is -0.460 e. The molecule has 0 aliphatic carbocycles. The highest BCUT2D eigenvalue weighted by molar-refractivity contribution is 8.00. The third-order valence-corrected chi connectivity index (χ3v) is 5.26. The van der Waals surface area contributed by atoms with E-state index in [1.165, 1.54) is 29.1 Å². The lowest BCUT2D eigenvalue weighted by atomic mass is 10.1. The highest BCUT2D eigenvalue weighted by Gasteiger charge is 2.18. The quantitative estimate of drug-likeness (QED) is 0.582. The van der Waals surface area contributed by atoms with Gasteiger partial charge in [0.2, 0.25) is 0 Å². The molecule has 0 radical (unpaired) electrons. The largest absolute Gasteiger partial charge is 0.460 e. The summed E-state index contributed by atoms with van der Waals surface area (Å²) in [7, 11) is 2.10. The molecule has 2 aromatic rings. The number of esters is 1. The molecular formula is C17H19N3O2S2. The topological polar surface area (TPSA) is 55.3 Å². The number of rotatable bonds is 6. The van der Waals surface area contributed by atoms with Gasteiger partial charge in [0.25, 0.3) is 0 Å². The number of aromatic nitrogens is 2. The second kappa shape index (κ2) is 8.41. The van der Waals surface area contributed by atoms with Gasteiger partial charge in [0, 0.05) is 13.1 Å². The first-order valence-corrected chi connectivity index (χ1v) is 9.47. The highest BCUT2D eigenvalue weighted by atomic mass is 32.2. The fourth-order valence-corrected chi connectivity index (χ4v) is 3.95. The van der Waals surface area contributed by atoms with Crippen LogP contribution in [0, 0.1) is 0 Å². The summed E-state index contributed by atoms with van der Waals surface area (Å²) in [6.07, 6.45) is 3.24. The number of hydrogen-bond donors (Lipinski definition) is 0. The molecule has 3 rings (SSSR count). The van der Waals surface area contributed by atoms with Crippen LogP contribution < -0.4 is 0 Å². The van der Waals surface area contributed by atoms with Gasteiger partial charge >= 0.3 is 5.97 Å². The van der Waals surface area contributed by atoms with E-state index in [9.17, 15) is 4.79 Å². The molecule has 0 saturated heterocycles. The lowest BCUT2D eigenvalue weighted by Crippen LogP contribution is -2.25. The summed E-state index contributed by atoms with van der Waals surface area (Å²) in [5.74, 6) is 0.00603. The first kappa shape index (κ1) is 17.1. The molecule has 0 amide bonds. The van der Waals surface area contributed by atoms with Crippen LogP contribution in [-0.4, -0.2) is 45.5 Å². The van der Waals surface area contributed by atoms with Crippen LogP contribution in [0.1, 0.15) is 17.7 Å². The van der Waals surface area contributed by atoms with Gasteiger partial charge in [-0.1, -0.05) is 48.2 Å². The lowest BCUT2D eigenvalue weighted by Gasteiger charge is -2.22. The van der Waals surface area contributed by atoms with Gasteiger partial charge in [-0.05, 0) is 24.6 Å². The molecule has 24 heavy (non-hydrogen) atoms. The Labute approximate surface area is 150 Å². The Bertz CT molecular complexity index is 716. The summed E-state index contributed by atoms with van der Waals surface area (Å²) < 4.78 is 14.0. The van der Waals surface area contributed by atoms with E-state index in [1.807, 2.05) is 30.3 Å². The van der Waals surface area contributed by atoms with Gasteiger partial charge in [-0.25, -0.2) is 0 Å². The van der Waals surface area contributed by atoms with Crippen molar-refractivity contribution in [1.82, 2.24) is 13.6 Å². The summed E-state index contributed by atoms with van der Waals surface area (Å²) in [6, 6.07) is 9.68. The predicted molar refractivity (Wildman–Crippen MR) is 97.0 cm³/mol. The molecule has 0 fully saturated rings. The van der Waals surface area contributed by atoms with Gasteiger partial charge in [-0.3, -0.25) is 4.79 Å². The molecule has 2 heterocycles. The molecule has 7 heteroatoms. The second-order valence-corrected chi connectivity index (χ2v) is 7.10. The Kier molecular flexibility index (Phi) is 6.01. The minimum absolute atomic E-state index is 0.238. The maximum atomic E-state index is 11.9. The number of ether oxygens (including phenoxy) is 1. The number of carbonyl (C=O) groups is 1. The summed E-state index contributed by atoms with van der Waals surface area (Å²) in [4.78, 5) is 14.2. The van der Waals surface area contributed by atoms with Crippen LogP contribution >= 0.6 is 23.5 Å². The number of benzene rings is 1. The van der Waals surface area contributed by atoms with Gasteiger partial charge < -0.3 is 9.64 Å². The van der Waals surface area contributed by atoms with Crippen LogP contribution in [0.4, 0.5) is 0 Å². The Hall–Kier alpha value is -1.70. The normalized spacial score (nSPS) is 15.1. The molecular weight excluding hydrogens is 342 g/mol.